The van der Waals surface area contributed by atoms with Crippen LogP contribution in [0.15, 0.2) is 0 Å². The molecule has 0 atom stereocenters. The van der Waals surface area contributed by atoms with Gasteiger partial charge in [-0.3, -0.25) is 0 Å². The highest BCUT2D eigenvalue weighted by Crippen LogP contribution is 2.24. The van der Waals surface area contributed by atoms with Gasteiger partial charge in [0.05, 0.1) is 0 Å². The fraction of sp³-hybridized carbons (Fsp3) is 1.00. The Morgan fingerprint density at radius 2 is 1.38 bits per heavy atom. The molecule has 1 aliphatic rings. The Bertz CT molecular complexity index is 158. The van der Waals surface area contributed by atoms with Gasteiger partial charge in [0.25, 0.3) is 0 Å². The van der Waals surface area contributed by atoms with Gasteiger partial charge in [0.2, 0.25) is 0 Å². The second kappa shape index (κ2) is 7.32. The molecule has 0 aromatic heterocycles. The molecule has 0 radical (unpaired) electrons. The number of nitrogens with zero attached hydrogens (tertiary/aromatic N) is 1. The molecule has 0 aromatic carbocycles. The van der Waals surface area contributed by atoms with Crippen LogP contribution >= 0.6 is 0 Å². The molecule has 96 valence electrons. The fourth-order valence-electron chi connectivity index (χ4n) is 2.99. The molecule has 0 heterocycles. The smallest absolute Gasteiger partial charge is 0.000988 e. The molecule has 1 aliphatic carbocycles. The monoisotopic (exact) mass is 225 g/mol. The first-order chi connectivity index (χ1) is 7.58. The van der Waals surface area contributed by atoms with Crippen LogP contribution in [0.4, 0.5) is 0 Å². The second-order valence-corrected chi connectivity index (χ2v) is 6.51. The average Bonchev–Trinajstić information content (AvgIpc) is 2.16. The minimum atomic E-state index is 0.808. The minimum Gasteiger partial charge on any atom is -0.303 e. The molecule has 1 saturated carbocycles. The standard InChI is InChI=1S/C15H31N/c1-13(2)10-16(11-14(3)4)12-15-8-6-5-7-9-15/h13-15H,5-12H2,1-4H3. The van der Waals surface area contributed by atoms with E-state index in [1.807, 2.05) is 0 Å². The highest BCUT2D eigenvalue weighted by molar-refractivity contribution is 4.72. The number of rotatable bonds is 6. The van der Waals surface area contributed by atoms with Crippen molar-refractivity contribution in [1.29, 1.82) is 0 Å². The van der Waals surface area contributed by atoms with Crippen molar-refractivity contribution in [2.45, 2.75) is 59.8 Å². The molecule has 0 bridgehead atoms. The van der Waals surface area contributed by atoms with E-state index in [4.69, 9.17) is 0 Å². The Labute approximate surface area is 103 Å². The number of hydrogen-bond donors (Lipinski definition) is 0. The van der Waals surface area contributed by atoms with Gasteiger partial charge in [-0.2, -0.15) is 0 Å². The van der Waals surface area contributed by atoms with Crippen LogP contribution in [0.25, 0.3) is 0 Å². The van der Waals surface area contributed by atoms with Crippen molar-refractivity contribution in [3.05, 3.63) is 0 Å². The second-order valence-electron chi connectivity index (χ2n) is 6.51. The molecule has 0 spiro atoms. The maximum Gasteiger partial charge on any atom is 0.000988 e. The van der Waals surface area contributed by atoms with Crippen molar-refractivity contribution in [3.8, 4) is 0 Å². The molecule has 1 nitrogen and oxygen atoms in total. The molecule has 0 unspecified atom stereocenters. The Kier molecular flexibility index (Phi) is 6.41. The maximum atomic E-state index is 2.71. The maximum absolute atomic E-state index is 2.71. The average molecular weight is 225 g/mol. The SMILES string of the molecule is CC(C)CN(CC(C)C)CC1CCCCC1. The van der Waals surface area contributed by atoms with Gasteiger partial charge < -0.3 is 4.90 Å². The lowest BCUT2D eigenvalue weighted by Gasteiger charge is -2.32. The van der Waals surface area contributed by atoms with Crippen molar-refractivity contribution in [3.63, 3.8) is 0 Å². The van der Waals surface area contributed by atoms with E-state index < -0.39 is 0 Å². The Morgan fingerprint density at radius 3 is 1.81 bits per heavy atom. The van der Waals surface area contributed by atoms with Crippen molar-refractivity contribution in [2.75, 3.05) is 19.6 Å². The zero-order valence-corrected chi connectivity index (χ0v) is 11.8. The van der Waals surface area contributed by atoms with Gasteiger partial charge in [-0.15, -0.1) is 0 Å². The summed E-state index contributed by atoms with van der Waals surface area (Å²) in [6.45, 7) is 13.3. The molecular formula is C15H31N. The van der Waals surface area contributed by atoms with Crippen molar-refractivity contribution in [2.24, 2.45) is 17.8 Å². The molecule has 16 heavy (non-hydrogen) atoms. The summed E-state index contributed by atoms with van der Waals surface area (Å²) in [6, 6.07) is 0. The summed E-state index contributed by atoms with van der Waals surface area (Å²) in [7, 11) is 0. The Balaban J connectivity index is 2.35. The third-order valence-electron chi connectivity index (χ3n) is 3.49. The van der Waals surface area contributed by atoms with E-state index in [-0.39, 0.29) is 0 Å². The molecule has 0 N–H and O–H groups in total. The topological polar surface area (TPSA) is 3.24 Å². The largest absolute Gasteiger partial charge is 0.303 e. The third-order valence-corrected chi connectivity index (χ3v) is 3.49. The lowest BCUT2D eigenvalue weighted by Crippen LogP contribution is -2.36. The van der Waals surface area contributed by atoms with Gasteiger partial charge in [-0.1, -0.05) is 47.0 Å². The van der Waals surface area contributed by atoms with Crippen molar-refractivity contribution < 1.29 is 0 Å². The van der Waals surface area contributed by atoms with Crippen LogP contribution in [0.1, 0.15) is 59.8 Å². The molecule has 1 fully saturated rings. The fourth-order valence-corrected chi connectivity index (χ4v) is 2.99. The van der Waals surface area contributed by atoms with Crippen molar-refractivity contribution >= 4 is 0 Å². The zero-order valence-electron chi connectivity index (χ0n) is 11.8. The Morgan fingerprint density at radius 1 is 0.875 bits per heavy atom. The summed E-state index contributed by atoms with van der Waals surface area (Å²) < 4.78 is 0. The predicted molar refractivity (Wildman–Crippen MR) is 72.7 cm³/mol. The summed E-state index contributed by atoms with van der Waals surface area (Å²) in [4.78, 5) is 2.71. The van der Waals surface area contributed by atoms with E-state index in [0.29, 0.717) is 0 Å². The predicted octanol–water partition coefficient (Wildman–Crippen LogP) is 4.18. The first kappa shape index (κ1) is 14.0. The van der Waals surface area contributed by atoms with Crippen LogP contribution in [0.3, 0.4) is 0 Å². The molecule has 0 saturated heterocycles. The van der Waals surface area contributed by atoms with E-state index in [1.165, 1.54) is 51.7 Å². The van der Waals surface area contributed by atoms with Crippen LogP contribution in [0.2, 0.25) is 0 Å². The van der Waals surface area contributed by atoms with Crippen LogP contribution < -0.4 is 0 Å². The highest BCUT2D eigenvalue weighted by Gasteiger charge is 2.18. The van der Waals surface area contributed by atoms with Gasteiger partial charge in [0.1, 0.15) is 0 Å². The lowest BCUT2D eigenvalue weighted by molar-refractivity contribution is 0.168. The van der Waals surface area contributed by atoms with Gasteiger partial charge in [0, 0.05) is 19.6 Å². The minimum absolute atomic E-state index is 0.808. The Hall–Kier alpha value is -0.0400. The van der Waals surface area contributed by atoms with Gasteiger partial charge >= 0.3 is 0 Å². The van der Waals surface area contributed by atoms with Gasteiger partial charge in [-0.25, -0.2) is 0 Å². The summed E-state index contributed by atoms with van der Waals surface area (Å²) in [5.74, 6) is 2.61. The first-order valence-corrected chi connectivity index (χ1v) is 7.30. The molecule has 0 aromatic rings. The summed E-state index contributed by atoms with van der Waals surface area (Å²) in [5, 5.41) is 0. The summed E-state index contributed by atoms with van der Waals surface area (Å²) >= 11 is 0. The molecular weight excluding hydrogens is 194 g/mol. The lowest BCUT2D eigenvalue weighted by atomic mass is 9.88. The molecule has 0 amide bonds. The molecule has 0 aliphatic heterocycles. The van der Waals surface area contributed by atoms with E-state index in [2.05, 4.69) is 32.6 Å². The molecule has 1 heteroatoms. The van der Waals surface area contributed by atoms with Crippen LogP contribution in [0.5, 0.6) is 0 Å². The van der Waals surface area contributed by atoms with Crippen LogP contribution in [-0.2, 0) is 0 Å². The summed E-state index contributed by atoms with van der Waals surface area (Å²) in [6.07, 6.45) is 7.38. The van der Waals surface area contributed by atoms with Crippen LogP contribution in [-0.4, -0.2) is 24.5 Å². The van der Waals surface area contributed by atoms with Gasteiger partial charge in [0.15, 0.2) is 0 Å². The normalized spacial score (nSPS) is 18.9. The zero-order chi connectivity index (χ0) is 12.0. The summed E-state index contributed by atoms with van der Waals surface area (Å²) in [5.41, 5.74) is 0. The van der Waals surface area contributed by atoms with E-state index in [1.54, 1.807) is 0 Å². The van der Waals surface area contributed by atoms with E-state index >= 15 is 0 Å². The van der Waals surface area contributed by atoms with Crippen LogP contribution in [0, 0.1) is 17.8 Å². The number of hydrogen-bond acceptors (Lipinski definition) is 1. The quantitative estimate of drug-likeness (QED) is 0.655. The molecule has 1 rings (SSSR count). The van der Waals surface area contributed by atoms with Crippen molar-refractivity contribution in [1.82, 2.24) is 4.90 Å². The third kappa shape index (κ3) is 5.89. The van der Waals surface area contributed by atoms with E-state index in [0.717, 1.165) is 17.8 Å². The van der Waals surface area contributed by atoms with E-state index in [9.17, 15) is 0 Å². The first-order valence-electron chi connectivity index (χ1n) is 7.30. The highest BCUT2D eigenvalue weighted by atomic mass is 15.1. The van der Waals surface area contributed by atoms with Gasteiger partial charge in [-0.05, 0) is 30.6 Å².